The quantitative estimate of drug-likeness (QED) is 0.887. The topological polar surface area (TPSA) is 37.3 Å². The van der Waals surface area contributed by atoms with Gasteiger partial charge in [0.15, 0.2) is 0 Å². The number of halogens is 3. The molecule has 0 spiro atoms. The first-order valence-corrected chi connectivity index (χ1v) is 5.16. The normalized spacial score (nSPS) is 27.9. The Labute approximate surface area is 96.1 Å². The number of benzene rings is 1. The molecule has 2 atom stereocenters. The minimum atomic E-state index is -3.10. The lowest BCUT2D eigenvalue weighted by Crippen LogP contribution is -2.19. The van der Waals surface area contributed by atoms with Crippen molar-refractivity contribution in [3.63, 3.8) is 0 Å². The number of alkyl halides is 3. The van der Waals surface area contributed by atoms with Crippen LogP contribution < -0.4 is 0 Å². The SMILES string of the molecule is CC(F)(F)c1ccccc1C1CC1(F)C(=O)O. The molecule has 1 saturated carbocycles. The van der Waals surface area contributed by atoms with Crippen molar-refractivity contribution in [2.75, 3.05) is 0 Å². The molecule has 1 aromatic carbocycles. The van der Waals surface area contributed by atoms with Crippen LogP contribution >= 0.6 is 0 Å². The zero-order valence-electron chi connectivity index (χ0n) is 9.08. The van der Waals surface area contributed by atoms with Crippen LogP contribution in [-0.2, 0) is 10.7 Å². The van der Waals surface area contributed by atoms with Crippen LogP contribution in [0.5, 0.6) is 0 Å². The maximum absolute atomic E-state index is 13.7. The van der Waals surface area contributed by atoms with E-state index in [0.29, 0.717) is 0 Å². The molecule has 0 heterocycles. The third-order valence-electron chi connectivity index (χ3n) is 3.06. The summed E-state index contributed by atoms with van der Waals surface area (Å²) in [4.78, 5) is 10.7. The third kappa shape index (κ3) is 1.90. The first-order chi connectivity index (χ1) is 7.77. The molecule has 0 aliphatic heterocycles. The fourth-order valence-corrected chi connectivity index (χ4v) is 2.03. The van der Waals surface area contributed by atoms with E-state index in [2.05, 4.69) is 0 Å². The van der Waals surface area contributed by atoms with Crippen LogP contribution in [-0.4, -0.2) is 16.7 Å². The fourth-order valence-electron chi connectivity index (χ4n) is 2.03. The lowest BCUT2D eigenvalue weighted by molar-refractivity contribution is -0.144. The Kier molecular flexibility index (Phi) is 2.45. The Morgan fingerprint density at radius 2 is 2.06 bits per heavy atom. The molecule has 0 saturated heterocycles. The van der Waals surface area contributed by atoms with E-state index < -0.39 is 23.5 Å². The molecule has 2 unspecified atom stereocenters. The molecule has 0 amide bonds. The van der Waals surface area contributed by atoms with Gasteiger partial charge in [0, 0.05) is 24.8 Å². The van der Waals surface area contributed by atoms with Crippen LogP contribution in [0, 0.1) is 0 Å². The highest BCUT2D eigenvalue weighted by Gasteiger charge is 2.63. The van der Waals surface area contributed by atoms with Crippen LogP contribution in [0.1, 0.15) is 30.4 Å². The Hall–Kier alpha value is -1.52. The molecule has 2 nitrogen and oxygen atoms in total. The molecule has 1 N–H and O–H groups in total. The van der Waals surface area contributed by atoms with Gasteiger partial charge in [-0.05, 0) is 5.56 Å². The van der Waals surface area contributed by atoms with E-state index in [-0.39, 0.29) is 17.5 Å². The monoisotopic (exact) mass is 244 g/mol. The average Bonchev–Trinajstić information content (AvgIpc) is 2.91. The van der Waals surface area contributed by atoms with E-state index in [4.69, 9.17) is 5.11 Å². The van der Waals surface area contributed by atoms with Gasteiger partial charge in [-0.1, -0.05) is 24.3 Å². The zero-order chi connectivity index (χ0) is 12.8. The van der Waals surface area contributed by atoms with Crippen molar-refractivity contribution in [3.8, 4) is 0 Å². The van der Waals surface area contributed by atoms with Crippen molar-refractivity contribution in [1.82, 2.24) is 0 Å². The summed E-state index contributed by atoms with van der Waals surface area (Å²) >= 11 is 0. The van der Waals surface area contributed by atoms with E-state index >= 15 is 0 Å². The first kappa shape index (κ1) is 12.0. The van der Waals surface area contributed by atoms with Gasteiger partial charge in [0.1, 0.15) is 0 Å². The molecule has 1 fully saturated rings. The molecule has 17 heavy (non-hydrogen) atoms. The zero-order valence-corrected chi connectivity index (χ0v) is 9.08. The second kappa shape index (κ2) is 3.48. The van der Waals surface area contributed by atoms with Gasteiger partial charge in [-0.25, -0.2) is 18.0 Å². The van der Waals surface area contributed by atoms with Gasteiger partial charge in [-0.3, -0.25) is 0 Å². The van der Waals surface area contributed by atoms with Crippen molar-refractivity contribution < 1.29 is 23.1 Å². The molecule has 1 aliphatic rings. The van der Waals surface area contributed by atoms with Crippen LogP contribution in [0.3, 0.4) is 0 Å². The number of hydrogen-bond donors (Lipinski definition) is 1. The molecule has 1 aliphatic carbocycles. The van der Waals surface area contributed by atoms with E-state index in [0.717, 1.165) is 6.92 Å². The van der Waals surface area contributed by atoms with Gasteiger partial charge in [-0.15, -0.1) is 0 Å². The summed E-state index contributed by atoms with van der Waals surface area (Å²) in [6.07, 6.45) is -0.241. The predicted molar refractivity (Wildman–Crippen MR) is 54.8 cm³/mol. The molecule has 5 heteroatoms. The minimum Gasteiger partial charge on any atom is -0.479 e. The van der Waals surface area contributed by atoms with Gasteiger partial charge < -0.3 is 5.11 Å². The number of carboxylic acids is 1. The van der Waals surface area contributed by atoms with Gasteiger partial charge in [-0.2, -0.15) is 0 Å². The highest BCUT2D eigenvalue weighted by molar-refractivity contribution is 5.83. The largest absolute Gasteiger partial charge is 0.479 e. The predicted octanol–water partition coefficient (Wildman–Crippen LogP) is 3.08. The van der Waals surface area contributed by atoms with Crippen molar-refractivity contribution >= 4 is 5.97 Å². The molecular formula is C12H11F3O2. The Balaban J connectivity index is 2.40. The van der Waals surface area contributed by atoms with Gasteiger partial charge >= 0.3 is 5.97 Å². The second-order valence-electron chi connectivity index (χ2n) is 4.40. The maximum Gasteiger partial charge on any atom is 0.342 e. The number of hydrogen-bond acceptors (Lipinski definition) is 1. The van der Waals surface area contributed by atoms with Crippen LogP contribution in [0.2, 0.25) is 0 Å². The summed E-state index contributed by atoms with van der Waals surface area (Å²) in [5, 5.41) is 8.68. The van der Waals surface area contributed by atoms with Gasteiger partial charge in [0.05, 0.1) is 0 Å². The van der Waals surface area contributed by atoms with Crippen LogP contribution in [0.25, 0.3) is 0 Å². The van der Waals surface area contributed by atoms with Crippen molar-refractivity contribution in [1.29, 1.82) is 0 Å². The van der Waals surface area contributed by atoms with E-state index in [9.17, 15) is 18.0 Å². The number of rotatable bonds is 3. The summed E-state index contributed by atoms with van der Waals surface area (Å²) in [5.74, 6) is -5.66. The fraction of sp³-hybridized carbons (Fsp3) is 0.417. The highest BCUT2D eigenvalue weighted by Crippen LogP contribution is 2.56. The summed E-state index contributed by atoms with van der Waals surface area (Å²) in [5.41, 5.74) is -2.60. The van der Waals surface area contributed by atoms with Crippen LogP contribution in [0.15, 0.2) is 24.3 Å². The Morgan fingerprint density at radius 3 is 2.53 bits per heavy atom. The second-order valence-corrected chi connectivity index (χ2v) is 4.40. The minimum absolute atomic E-state index is 0.0879. The number of carboxylic acid groups (broad SMARTS) is 1. The summed E-state index contributed by atoms with van der Waals surface area (Å²) in [6.45, 7) is 0.717. The van der Waals surface area contributed by atoms with Gasteiger partial charge in [0.2, 0.25) is 5.67 Å². The lowest BCUT2D eigenvalue weighted by atomic mass is 9.97. The molecule has 0 radical (unpaired) electrons. The van der Waals surface area contributed by atoms with E-state index in [1.165, 1.54) is 24.3 Å². The molecule has 2 rings (SSSR count). The third-order valence-corrected chi connectivity index (χ3v) is 3.06. The average molecular weight is 244 g/mol. The van der Waals surface area contributed by atoms with Crippen molar-refractivity contribution in [2.24, 2.45) is 0 Å². The molecule has 0 aromatic heterocycles. The van der Waals surface area contributed by atoms with Crippen molar-refractivity contribution in [2.45, 2.75) is 30.9 Å². The van der Waals surface area contributed by atoms with E-state index in [1.807, 2.05) is 0 Å². The van der Waals surface area contributed by atoms with Crippen LogP contribution in [0.4, 0.5) is 13.2 Å². The molecule has 92 valence electrons. The Morgan fingerprint density at radius 1 is 1.47 bits per heavy atom. The molecule has 0 bridgehead atoms. The first-order valence-electron chi connectivity index (χ1n) is 5.16. The maximum atomic E-state index is 13.7. The highest BCUT2D eigenvalue weighted by atomic mass is 19.3. The molecule has 1 aromatic rings. The smallest absolute Gasteiger partial charge is 0.342 e. The summed E-state index contributed by atoms with van der Waals surface area (Å²) in [7, 11) is 0. The molecular weight excluding hydrogens is 233 g/mol. The lowest BCUT2D eigenvalue weighted by Gasteiger charge is -2.15. The number of aliphatic carboxylic acids is 1. The van der Waals surface area contributed by atoms with Crippen molar-refractivity contribution in [3.05, 3.63) is 35.4 Å². The standard InChI is InChI=1S/C12H11F3O2/c1-11(13,14)8-5-3-2-4-7(8)9-6-12(9,15)10(16)17/h2-5,9H,6H2,1H3,(H,16,17). The summed E-state index contributed by atoms with van der Waals surface area (Å²) in [6, 6.07) is 5.50. The number of carbonyl (C=O) groups is 1. The van der Waals surface area contributed by atoms with E-state index in [1.54, 1.807) is 0 Å². The van der Waals surface area contributed by atoms with Gasteiger partial charge in [0.25, 0.3) is 5.92 Å². The Bertz CT molecular complexity index is 467. The summed E-state index contributed by atoms with van der Waals surface area (Å²) < 4.78 is 40.3.